The quantitative estimate of drug-likeness (QED) is 0.561. The number of carboxylic acids is 1. The third-order valence-corrected chi connectivity index (χ3v) is 2.80. The first kappa shape index (κ1) is 15.9. The fraction of sp³-hybridized carbons (Fsp3) is 0.462. The second-order valence-electron chi connectivity index (χ2n) is 4.38. The molecule has 1 atom stereocenters. The van der Waals surface area contributed by atoms with Crippen LogP contribution in [0.3, 0.4) is 0 Å². The number of rotatable bonds is 8. The van der Waals surface area contributed by atoms with E-state index in [1.807, 2.05) is 6.92 Å². The van der Waals surface area contributed by atoms with Gasteiger partial charge in [0.1, 0.15) is 5.56 Å². The van der Waals surface area contributed by atoms with Crippen molar-refractivity contribution in [3.8, 4) is 0 Å². The van der Waals surface area contributed by atoms with Crippen LogP contribution in [-0.4, -0.2) is 35.8 Å². The summed E-state index contributed by atoms with van der Waals surface area (Å²) in [6, 6.07) is 4.01. The molecule has 2 N–H and O–H groups in total. The number of aromatic carboxylic acids is 1. The van der Waals surface area contributed by atoms with Gasteiger partial charge in [-0.15, -0.1) is 0 Å². The van der Waals surface area contributed by atoms with Crippen molar-refractivity contribution >= 4 is 17.3 Å². The largest absolute Gasteiger partial charge is 0.477 e. The number of benzene rings is 1. The average Bonchev–Trinajstić information content (AvgIpc) is 2.38. The van der Waals surface area contributed by atoms with Gasteiger partial charge in [-0.25, -0.2) is 4.79 Å². The molecule has 7 heteroatoms. The molecule has 0 aliphatic heterocycles. The Bertz CT molecular complexity index is 484. The van der Waals surface area contributed by atoms with Crippen molar-refractivity contribution in [2.75, 3.05) is 19.0 Å². The van der Waals surface area contributed by atoms with E-state index in [2.05, 4.69) is 5.32 Å². The van der Waals surface area contributed by atoms with Crippen LogP contribution < -0.4 is 5.32 Å². The fourth-order valence-corrected chi connectivity index (χ4v) is 1.94. The standard InChI is InChI=1S/C13H18N2O5/c1-3-4-10(8-20-2)14-9-5-6-12(15(18)19)11(7-9)13(16)17/h5-7,10,14H,3-4,8H2,1-2H3,(H,16,17). The summed E-state index contributed by atoms with van der Waals surface area (Å²) in [6.07, 6.45) is 1.80. The highest BCUT2D eigenvalue weighted by Crippen LogP contribution is 2.23. The number of hydrogen-bond donors (Lipinski definition) is 2. The minimum atomic E-state index is -1.32. The number of nitro benzene ring substituents is 1. The van der Waals surface area contributed by atoms with Crippen LogP contribution in [0.15, 0.2) is 18.2 Å². The van der Waals surface area contributed by atoms with Crippen LogP contribution in [0.1, 0.15) is 30.1 Å². The number of ether oxygens (including phenoxy) is 1. The van der Waals surface area contributed by atoms with Crippen LogP contribution >= 0.6 is 0 Å². The van der Waals surface area contributed by atoms with Crippen molar-refractivity contribution in [2.24, 2.45) is 0 Å². The number of carboxylic acid groups (broad SMARTS) is 1. The Morgan fingerprint density at radius 3 is 2.75 bits per heavy atom. The zero-order valence-electron chi connectivity index (χ0n) is 11.5. The van der Waals surface area contributed by atoms with E-state index in [4.69, 9.17) is 9.84 Å². The lowest BCUT2D eigenvalue weighted by Gasteiger charge is -2.18. The van der Waals surface area contributed by atoms with Gasteiger partial charge in [-0.1, -0.05) is 13.3 Å². The van der Waals surface area contributed by atoms with Gasteiger partial charge in [-0.2, -0.15) is 0 Å². The topological polar surface area (TPSA) is 102 Å². The molecule has 0 aliphatic carbocycles. The second-order valence-corrected chi connectivity index (χ2v) is 4.38. The summed E-state index contributed by atoms with van der Waals surface area (Å²) in [5.41, 5.74) is -0.210. The molecule has 0 heterocycles. The minimum Gasteiger partial charge on any atom is -0.477 e. The number of nitro groups is 1. The van der Waals surface area contributed by atoms with Crippen molar-refractivity contribution in [1.29, 1.82) is 0 Å². The van der Waals surface area contributed by atoms with E-state index < -0.39 is 16.6 Å². The molecule has 0 aromatic heterocycles. The molecule has 110 valence electrons. The van der Waals surface area contributed by atoms with E-state index in [0.29, 0.717) is 12.3 Å². The monoisotopic (exact) mass is 282 g/mol. The molecule has 1 rings (SSSR count). The second kappa shape index (κ2) is 7.44. The zero-order chi connectivity index (χ0) is 15.1. The predicted octanol–water partition coefficient (Wildman–Crippen LogP) is 2.52. The summed E-state index contributed by atoms with van der Waals surface area (Å²) in [6.45, 7) is 2.51. The Morgan fingerprint density at radius 1 is 1.55 bits per heavy atom. The smallest absolute Gasteiger partial charge is 0.342 e. The Labute approximate surface area is 116 Å². The summed E-state index contributed by atoms with van der Waals surface area (Å²) in [7, 11) is 1.59. The third-order valence-electron chi connectivity index (χ3n) is 2.80. The molecule has 0 radical (unpaired) electrons. The van der Waals surface area contributed by atoms with E-state index >= 15 is 0 Å². The van der Waals surface area contributed by atoms with Gasteiger partial charge in [-0.05, 0) is 18.6 Å². The highest BCUT2D eigenvalue weighted by molar-refractivity contribution is 5.93. The van der Waals surface area contributed by atoms with Crippen molar-refractivity contribution in [2.45, 2.75) is 25.8 Å². The lowest BCUT2D eigenvalue weighted by molar-refractivity contribution is -0.385. The van der Waals surface area contributed by atoms with Gasteiger partial charge >= 0.3 is 5.97 Å². The summed E-state index contributed by atoms with van der Waals surface area (Å²) >= 11 is 0. The molecule has 1 aromatic rings. The molecular weight excluding hydrogens is 264 g/mol. The molecular formula is C13H18N2O5. The van der Waals surface area contributed by atoms with E-state index in [1.54, 1.807) is 7.11 Å². The summed E-state index contributed by atoms with van der Waals surface area (Å²) < 4.78 is 5.08. The number of carbonyl (C=O) groups is 1. The molecule has 0 aliphatic rings. The van der Waals surface area contributed by atoms with E-state index in [0.717, 1.165) is 12.8 Å². The molecule has 0 amide bonds. The van der Waals surface area contributed by atoms with Gasteiger partial charge in [0.25, 0.3) is 5.69 Å². The number of hydrogen-bond acceptors (Lipinski definition) is 5. The Balaban J connectivity index is 2.99. The predicted molar refractivity (Wildman–Crippen MR) is 74.3 cm³/mol. The molecule has 0 fully saturated rings. The number of nitrogens with one attached hydrogen (secondary N) is 1. The molecule has 0 bridgehead atoms. The molecule has 0 saturated carbocycles. The van der Waals surface area contributed by atoms with Crippen molar-refractivity contribution in [3.63, 3.8) is 0 Å². The molecule has 0 saturated heterocycles. The SMILES string of the molecule is CCCC(COC)Nc1ccc([N+](=O)[O-])c(C(=O)O)c1. The van der Waals surface area contributed by atoms with Crippen LogP contribution in [-0.2, 0) is 4.74 Å². The van der Waals surface area contributed by atoms with Crippen LogP contribution in [0.2, 0.25) is 0 Å². The Hall–Kier alpha value is -2.15. The highest BCUT2D eigenvalue weighted by Gasteiger charge is 2.20. The first-order valence-electron chi connectivity index (χ1n) is 6.26. The first-order valence-corrected chi connectivity index (χ1v) is 6.26. The normalized spacial score (nSPS) is 11.9. The van der Waals surface area contributed by atoms with Crippen molar-refractivity contribution < 1.29 is 19.6 Å². The van der Waals surface area contributed by atoms with Gasteiger partial charge in [0, 0.05) is 24.9 Å². The highest BCUT2D eigenvalue weighted by atomic mass is 16.6. The van der Waals surface area contributed by atoms with Gasteiger partial charge < -0.3 is 15.2 Å². The van der Waals surface area contributed by atoms with Crippen molar-refractivity contribution in [3.05, 3.63) is 33.9 Å². The lowest BCUT2D eigenvalue weighted by Crippen LogP contribution is -2.24. The lowest BCUT2D eigenvalue weighted by atomic mass is 10.1. The van der Waals surface area contributed by atoms with E-state index in [-0.39, 0.29) is 11.6 Å². The number of methoxy groups -OCH3 is 1. The summed E-state index contributed by atoms with van der Waals surface area (Å²) in [5, 5.41) is 22.9. The maximum Gasteiger partial charge on any atom is 0.342 e. The van der Waals surface area contributed by atoms with Gasteiger partial charge in [0.15, 0.2) is 0 Å². The maximum absolute atomic E-state index is 11.1. The average molecular weight is 282 g/mol. The van der Waals surface area contributed by atoms with Crippen LogP contribution in [0, 0.1) is 10.1 Å². The Morgan fingerprint density at radius 2 is 2.25 bits per heavy atom. The summed E-state index contributed by atoms with van der Waals surface area (Å²) in [5.74, 6) is -1.32. The fourth-order valence-electron chi connectivity index (χ4n) is 1.94. The van der Waals surface area contributed by atoms with Crippen molar-refractivity contribution in [1.82, 2.24) is 0 Å². The minimum absolute atomic E-state index is 0.0353. The van der Waals surface area contributed by atoms with E-state index in [9.17, 15) is 14.9 Å². The van der Waals surface area contributed by atoms with Gasteiger partial charge in [0.2, 0.25) is 0 Å². The number of nitrogens with zero attached hydrogens (tertiary/aromatic N) is 1. The molecule has 1 aromatic carbocycles. The van der Waals surface area contributed by atoms with E-state index in [1.165, 1.54) is 18.2 Å². The molecule has 0 spiro atoms. The molecule has 7 nitrogen and oxygen atoms in total. The van der Waals surface area contributed by atoms with Crippen LogP contribution in [0.25, 0.3) is 0 Å². The summed E-state index contributed by atoms with van der Waals surface area (Å²) in [4.78, 5) is 21.1. The number of anilines is 1. The molecule has 1 unspecified atom stereocenters. The van der Waals surface area contributed by atoms with Gasteiger partial charge in [-0.3, -0.25) is 10.1 Å². The molecule has 20 heavy (non-hydrogen) atoms. The zero-order valence-corrected chi connectivity index (χ0v) is 11.5. The Kier molecular flexibility index (Phi) is 5.92. The van der Waals surface area contributed by atoms with Crippen LogP contribution in [0.4, 0.5) is 11.4 Å². The maximum atomic E-state index is 11.1. The first-order chi connectivity index (χ1) is 9.49. The van der Waals surface area contributed by atoms with Gasteiger partial charge in [0.05, 0.1) is 11.5 Å². The van der Waals surface area contributed by atoms with Crippen LogP contribution in [0.5, 0.6) is 0 Å². The third kappa shape index (κ3) is 4.20.